The van der Waals surface area contributed by atoms with Crippen LogP contribution in [-0.2, 0) is 4.74 Å². The standard InChI is InChI=1S/C7H13F3N2O3/c1-6(2,3)15-5(14)12-11-4(13)7(8,9)10/h4,11,13H,1-3H3,(H,12,14)/t4-/m0/s1. The first-order valence-corrected chi connectivity index (χ1v) is 4.01. The molecule has 0 unspecified atom stereocenters. The number of hydrogen-bond donors (Lipinski definition) is 3. The number of hydrogen-bond acceptors (Lipinski definition) is 4. The topological polar surface area (TPSA) is 70.6 Å². The number of carbonyl (C=O) groups excluding carboxylic acids is 1. The summed E-state index contributed by atoms with van der Waals surface area (Å²) in [5.41, 5.74) is 2.09. The lowest BCUT2D eigenvalue weighted by Gasteiger charge is -2.21. The number of carbonyl (C=O) groups is 1. The van der Waals surface area contributed by atoms with Crippen molar-refractivity contribution in [2.75, 3.05) is 0 Å². The lowest BCUT2D eigenvalue weighted by Crippen LogP contribution is -2.52. The molecule has 0 saturated heterocycles. The minimum Gasteiger partial charge on any atom is -0.443 e. The van der Waals surface area contributed by atoms with Gasteiger partial charge < -0.3 is 9.84 Å². The predicted molar refractivity (Wildman–Crippen MR) is 44.6 cm³/mol. The zero-order valence-corrected chi connectivity index (χ0v) is 8.47. The number of aliphatic hydroxyl groups is 1. The summed E-state index contributed by atoms with van der Waals surface area (Å²) in [5, 5.41) is 8.43. The highest BCUT2D eigenvalue weighted by molar-refractivity contribution is 5.66. The highest BCUT2D eigenvalue weighted by atomic mass is 19.4. The Labute approximate surface area is 84.6 Å². The molecule has 15 heavy (non-hydrogen) atoms. The molecule has 0 radical (unpaired) electrons. The van der Waals surface area contributed by atoms with Crippen molar-refractivity contribution in [3.05, 3.63) is 0 Å². The lowest BCUT2D eigenvalue weighted by molar-refractivity contribution is -0.216. The summed E-state index contributed by atoms with van der Waals surface area (Å²) in [5.74, 6) is 0. The van der Waals surface area contributed by atoms with Crippen LogP contribution in [0.3, 0.4) is 0 Å². The number of amides is 1. The van der Waals surface area contributed by atoms with Crippen molar-refractivity contribution < 1.29 is 27.8 Å². The van der Waals surface area contributed by atoms with Gasteiger partial charge in [0, 0.05) is 0 Å². The van der Waals surface area contributed by atoms with Crippen LogP contribution >= 0.6 is 0 Å². The number of hydrazine groups is 1. The van der Waals surface area contributed by atoms with Gasteiger partial charge in [-0.2, -0.15) is 18.6 Å². The zero-order chi connectivity index (χ0) is 12.3. The van der Waals surface area contributed by atoms with Crippen molar-refractivity contribution >= 4 is 6.09 Å². The molecule has 0 aromatic heterocycles. The van der Waals surface area contributed by atoms with Gasteiger partial charge in [0.1, 0.15) is 5.60 Å². The van der Waals surface area contributed by atoms with Crippen molar-refractivity contribution in [1.82, 2.24) is 10.9 Å². The predicted octanol–water partition coefficient (Wildman–Crippen LogP) is 0.896. The SMILES string of the molecule is CC(C)(C)OC(=O)NN[C@@H](O)C(F)(F)F. The van der Waals surface area contributed by atoms with E-state index in [0.717, 1.165) is 0 Å². The first kappa shape index (κ1) is 14.0. The average Bonchev–Trinajstić information content (AvgIpc) is 1.94. The van der Waals surface area contributed by atoms with Crippen molar-refractivity contribution in [3.8, 4) is 0 Å². The first-order chi connectivity index (χ1) is 6.52. The van der Waals surface area contributed by atoms with Crippen LogP contribution in [0.25, 0.3) is 0 Å². The fraction of sp³-hybridized carbons (Fsp3) is 0.857. The van der Waals surface area contributed by atoms with Crippen molar-refractivity contribution in [2.24, 2.45) is 0 Å². The molecule has 0 aliphatic heterocycles. The molecule has 0 aliphatic carbocycles. The van der Waals surface area contributed by atoms with Gasteiger partial charge >= 0.3 is 12.3 Å². The second-order valence-electron chi connectivity index (χ2n) is 3.72. The van der Waals surface area contributed by atoms with Gasteiger partial charge in [-0.3, -0.25) is 5.43 Å². The summed E-state index contributed by atoms with van der Waals surface area (Å²) in [6, 6.07) is 0. The van der Waals surface area contributed by atoms with Gasteiger partial charge in [-0.25, -0.2) is 4.79 Å². The van der Waals surface area contributed by atoms with Gasteiger partial charge in [-0.1, -0.05) is 0 Å². The van der Waals surface area contributed by atoms with Crippen LogP contribution in [0.4, 0.5) is 18.0 Å². The Hall–Kier alpha value is -1.02. The molecular weight excluding hydrogens is 217 g/mol. The summed E-state index contributed by atoms with van der Waals surface area (Å²) in [4.78, 5) is 10.8. The van der Waals surface area contributed by atoms with E-state index in [0.29, 0.717) is 0 Å². The Bertz CT molecular complexity index is 225. The van der Waals surface area contributed by atoms with Crippen molar-refractivity contribution in [3.63, 3.8) is 0 Å². The van der Waals surface area contributed by atoms with E-state index in [1.54, 1.807) is 26.2 Å². The Balaban J connectivity index is 3.92. The molecule has 0 bridgehead atoms. The summed E-state index contributed by atoms with van der Waals surface area (Å²) < 4.78 is 39.8. The molecule has 0 fully saturated rings. The molecule has 8 heteroatoms. The zero-order valence-electron chi connectivity index (χ0n) is 8.47. The average molecular weight is 230 g/mol. The Morgan fingerprint density at radius 2 is 1.80 bits per heavy atom. The molecule has 0 heterocycles. The molecule has 3 N–H and O–H groups in total. The molecule has 0 aromatic carbocycles. The van der Waals surface area contributed by atoms with E-state index in [4.69, 9.17) is 5.11 Å². The highest BCUT2D eigenvalue weighted by Crippen LogP contribution is 2.17. The van der Waals surface area contributed by atoms with Crippen LogP contribution < -0.4 is 10.9 Å². The van der Waals surface area contributed by atoms with E-state index in [9.17, 15) is 18.0 Å². The maximum atomic E-state index is 11.7. The maximum absolute atomic E-state index is 11.7. The molecule has 90 valence electrons. The van der Waals surface area contributed by atoms with E-state index in [-0.39, 0.29) is 0 Å². The van der Waals surface area contributed by atoms with E-state index in [2.05, 4.69) is 4.74 Å². The van der Waals surface area contributed by atoms with Crippen molar-refractivity contribution in [2.45, 2.75) is 38.8 Å². The van der Waals surface area contributed by atoms with Crippen LogP contribution in [0.15, 0.2) is 0 Å². The molecule has 0 saturated carbocycles. The van der Waals surface area contributed by atoms with E-state index >= 15 is 0 Å². The Morgan fingerprint density at radius 3 is 2.13 bits per heavy atom. The second kappa shape index (κ2) is 4.67. The molecular formula is C7H13F3N2O3. The van der Waals surface area contributed by atoms with Crippen molar-refractivity contribution in [1.29, 1.82) is 0 Å². The quantitative estimate of drug-likeness (QED) is 0.487. The number of halogens is 3. The van der Waals surface area contributed by atoms with Crippen LogP contribution in [0.5, 0.6) is 0 Å². The number of rotatable bonds is 2. The molecule has 0 aliphatic rings. The third-order valence-electron chi connectivity index (χ3n) is 1.02. The summed E-state index contributed by atoms with van der Waals surface area (Å²) in [6.45, 7) is 4.65. The normalized spacial score (nSPS) is 14.6. The third-order valence-corrected chi connectivity index (χ3v) is 1.02. The van der Waals surface area contributed by atoms with Gasteiger partial charge in [0.15, 0.2) is 0 Å². The van der Waals surface area contributed by atoms with Crippen LogP contribution in [-0.4, -0.2) is 29.2 Å². The second-order valence-corrected chi connectivity index (χ2v) is 3.72. The number of aliphatic hydroxyl groups excluding tert-OH is 1. The molecule has 5 nitrogen and oxygen atoms in total. The summed E-state index contributed by atoms with van der Waals surface area (Å²) in [6.07, 6.45) is -8.79. The van der Waals surface area contributed by atoms with Gasteiger partial charge in [0.2, 0.25) is 6.23 Å². The van der Waals surface area contributed by atoms with E-state index < -0.39 is 24.1 Å². The minimum atomic E-state index is -4.85. The minimum absolute atomic E-state index is 0.824. The third kappa shape index (κ3) is 6.97. The summed E-state index contributed by atoms with van der Waals surface area (Å²) in [7, 11) is 0. The van der Waals surface area contributed by atoms with E-state index in [1.165, 1.54) is 5.43 Å². The smallest absolute Gasteiger partial charge is 0.429 e. The molecule has 0 spiro atoms. The monoisotopic (exact) mass is 230 g/mol. The fourth-order valence-corrected chi connectivity index (χ4v) is 0.513. The Morgan fingerprint density at radius 1 is 1.33 bits per heavy atom. The summed E-state index contributed by atoms with van der Waals surface area (Å²) >= 11 is 0. The van der Waals surface area contributed by atoms with Crippen LogP contribution in [0.2, 0.25) is 0 Å². The first-order valence-electron chi connectivity index (χ1n) is 4.01. The molecule has 0 rings (SSSR count). The number of alkyl halides is 3. The number of ether oxygens (including phenoxy) is 1. The molecule has 0 aromatic rings. The van der Waals surface area contributed by atoms with Gasteiger partial charge in [0.25, 0.3) is 0 Å². The Kier molecular flexibility index (Phi) is 4.35. The number of nitrogens with one attached hydrogen (secondary N) is 2. The molecule has 1 amide bonds. The molecule has 1 atom stereocenters. The largest absolute Gasteiger partial charge is 0.443 e. The maximum Gasteiger partial charge on any atom is 0.429 e. The highest BCUT2D eigenvalue weighted by Gasteiger charge is 2.38. The van der Waals surface area contributed by atoms with Gasteiger partial charge in [-0.05, 0) is 20.8 Å². The van der Waals surface area contributed by atoms with Crippen LogP contribution in [0, 0.1) is 0 Å². The lowest BCUT2D eigenvalue weighted by atomic mass is 10.2. The van der Waals surface area contributed by atoms with Crippen LogP contribution in [0.1, 0.15) is 20.8 Å². The fourth-order valence-electron chi connectivity index (χ4n) is 0.513. The van der Waals surface area contributed by atoms with E-state index in [1.807, 2.05) is 0 Å². The van der Waals surface area contributed by atoms with Gasteiger partial charge in [-0.15, -0.1) is 0 Å². The van der Waals surface area contributed by atoms with Gasteiger partial charge in [0.05, 0.1) is 0 Å².